The van der Waals surface area contributed by atoms with Gasteiger partial charge >= 0.3 is 0 Å². The Kier molecular flexibility index (Phi) is 5.67. The fourth-order valence-electron chi connectivity index (χ4n) is 2.08. The van der Waals surface area contributed by atoms with Crippen LogP contribution in [0.25, 0.3) is 0 Å². The van der Waals surface area contributed by atoms with E-state index in [4.69, 9.17) is 10.00 Å². The molecule has 1 atom stereocenters. The van der Waals surface area contributed by atoms with Gasteiger partial charge in [0.15, 0.2) is 0 Å². The molecule has 1 unspecified atom stereocenters. The molecule has 3 nitrogen and oxygen atoms in total. The Morgan fingerprint density at radius 1 is 1.39 bits per heavy atom. The number of nitrogens with zero attached hydrogens (tertiary/aromatic N) is 1. The Hall–Kier alpha value is -1.53. The molecule has 0 saturated heterocycles. The van der Waals surface area contributed by atoms with Gasteiger partial charge in [-0.2, -0.15) is 5.26 Å². The molecule has 0 aromatic heterocycles. The monoisotopic (exact) mass is 246 g/mol. The number of rotatable bonds is 6. The van der Waals surface area contributed by atoms with Crippen LogP contribution in [-0.4, -0.2) is 13.2 Å². The van der Waals surface area contributed by atoms with Crippen molar-refractivity contribution < 1.29 is 4.74 Å². The molecule has 0 spiro atoms. The van der Waals surface area contributed by atoms with Gasteiger partial charge in [-0.1, -0.05) is 20.8 Å². The van der Waals surface area contributed by atoms with Crippen molar-refractivity contribution in [3.05, 3.63) is 29.3 Å². The first-order valence-electron chi connectivity index (χ1n) is 6.42. The average Bonchev–Trinajstić information content (AvgIpc) is 2.38. The van der Waals surface area contributed by atoms with Crippen LogP contribution in [0, 0.1) is 17.2 Å². The van der Waals surface area contributed by atoms with Gasteiger partial charge in [-0.25, -0.2) is 0 Å². The Bertz CT molecular complexity index is 421. The van der Waals surface area contributed by atoms with Gasteiger partial charge in [0.25, 0.3) is 0 Å². The Morgan fingerprint density at radius 2 is 2.11 bits per heavy atom. The highest BCUT2D eigenvalue weighted by Gasteiger charge is 2.11. The topological polar surface area (TPSA) is 45.0 Å². The lowest BCUT2D eigenvalue weighted by Gasteiger charge is -2.21. The van der Waals surface area contributed by atoms with Crippen molar-refractivity contribution in [2.45, 2.75) is 39.8 Å². The molecule has 0 radical (unpaired) electrons. The van der Waals surface area contributed by atoms with Crippen molar-refractivity contribution >= 4 is 0 Å². The minimum absolute atomic E-state index is 0.487. The molecule has 0 heterocycles. The highest BCUT2D eigenvalue weighted by molar-refractivity contribution is 5.42. The summed E-state index contributed by atoms with van der Waals surface area (Å²) in [6.45, 7) is 7.34. The van der Waals surface area contributed by atoms with Gasteiger partial charge in [0, 0.05) is 18.2 Å². The van der Waals surface area contributed by atoms with E-state index in [1.54, 1.807) is 13.2 Å². The summed E-state index contributed by atoms with van der Waals surface area (Å²) in [5, 5.41) is 12.4. The number of nitrogens with one attached hydrogen (secondary N) is 1. The number of methoxy groups -OCH3 is 1. The fourth-order valence-corrected chi connectivity index (χ4v) is 2.08. The van der Waals surface area contributed by atoms with Crippen LogP contribution >= 0.6 is 0 Å². The van der Waals surface area contributed by atoms with Gasteiger partial charge in [0.2, 0.25) is 0 Å². The zero-order valence-electron chi connectivity index (χ0n) is 11.7. The summed E-state index contributed by atoms with van der Waals surface area (Å²) in [5.41, 5.74) is 1.71. The third kappa shape index (κ3) is 3.75. The van der Waals surface area contributed by atoms with Crippen molar-refractivity contribution in [1.82, 2.24) is 5.32 Å². The van der Waals surface area contributed by atoms with Crippen LogP contribution in [0.1, 0.15) is 38.3 Å². The smallest absolute Gasteiger partial charge is 0.123 e. The summed E-state index contributed by atoms with van der Waals surface area (Å²) >= 11 is 0. The summed E-state index contributed by atoms with van der Waals surface area (Å²) < 4.78 is 5.32. The molecule has 18 heavy (non-hydrogen) atoms. The third-order valence-corrected chi connectivity index (χ3v) is 3.21. The fraction of sp³-hybridized carbons (Fsp3) is 0.533. The average molecular weight is 246 g/mol. The first-order chi connectivity index (χ1) is 8.62. The number of hydrogen-bond acceptors (Lipinski definition) is 3. The SMILES string of the molecule is CCC(NCc1cc(C#N)ccc1OC)C(C)C. The lowest BCUT2D eigenvalue weighted by atomic mass is 10.0. The summed E-state index contributed by atoms with van der Waals surface area (Å²) in [5.74, 6) is 1.43. The molecule has 1 aromatic carbocycles. The van der Waals surface area contributed by atoms with E-state index in [2.05, 4.69) is 32.2 Å². The third-order valence-electron chi connectivity index (χ3n) is 3.21. The molecule has 98 valence electrons. The molecule has 1 N–H and O–H groups in total. The number of hydrogen-bond donors (Lipinski definition) is 1. The first-order valence-corrected chi connectivity index (χ1v) is 6.42. The minimum atomic E-state index is 0.487. The molecule has 0 bridgehead atoms. The Morgan fingerprint density at radius 3 is 2.61 bits per heavy atom. The second-order valence-electron chi connectivity index (χ2n) is 4.78. The second kappa shape index (κ2) is 7.03. The van der Waals surface area contributed by atoms with Crippen LogP contribution in [0.2, 0.25) is 0 Å². The molecular formula is C15H22N2O. The van der Waals surface area contributed by atoms with Gasteiger partial charge in [-0.15, -0.1) is 0 Å². The van der Waals surface area contributed by atoms with E-state index in [9.17, 15) is 0 Å². The highest BCUT2D eigenvalue weighted by Crippen LogP contribution is 2.20. The Labute approximate surface area is 110 Å². The van der Waals surface area contributed by atoms with E-state index in [1.165, 1.54) is 0 Å². The lowest BCUT2D eigenvalue weighted by molar-refractivity contribution is 0.375. The molecule has 3 heteroatoms. The van der Waals surface area contributed by atoms with E-state index < -0.39 is 0 Å². The number of nitriles is 1. The van der Waals surface area contributed by atoms with E-state index in [0.717, 1.165) is 24.3 Å². The summed E-state index contributed by atoms with van der Waals surface area (Å²) in [7, 11) is 1.66. The molecule has 0 aliphatic heterocycles. The quantitative estimate of drug-likeness (QED) is 0.839. The van der Waals surface area contributed by atoms with E-state index >= 15 is 0 Å². The predicted octanol–water partition coefficient (Wildman–Crippen LogP) is 3.09. The molecule has 0 aliphatic rings. The molecule has 0 saturated carbocycles. The minimum Gasteiger partial charge on any atom is -0.496 e. The summed E-state index contributed by atoms with van der Waals surface area (Å²) in [6, 6.07) is 8.17. The van der Waals surface area contributed by atoms with Crippen LogP contribution in [0.4, 0.5) is 0 Å². The molecule has 1 rings (SSSR count). The maximum absolute atomic E-state index is 8.93. The standard InChI is InChI=1S/C15H22N2O/c1-5-14(11(2)3)17-10-13-8-12(9-16)6-7-15(13)18-4/h6-8,11,14,17H,5,10H2,1-4H3. The van der Waals surface area contributed by atoms with Crippen molar-refractivity contribution in [2.24, 2.45) is 5.92 Å². The number of benzene rings is 1. The summed E-state index contributed by atoms with van der Waals surface area (Å²) in [6.07, 6.45) is 1.10. The number of ether oxygens (including phenoxy) is 1. The highest BCUT2D eigenvalue weighted by atomic mass is 16.5. The van der Waals surface area contributed by atoms with E-state index in [1.807, 2.05) is 12.1 Å². The van der Waals surface area contributed by atoms with Gasteiger partial charge in [-0.05, 0) is 30.5 Å². The second-order valence-corrected chi connectivity index (χ2v) is 4.78. The largest absolute Gasteiger partial charge is 0.496 e. The lowest BCUT2D eigenvalue weighted by Crippen LogP contribution is -2.32. The van der Waals surface area contributed by atoms with Gasteiger partial charge in [-0.3, -0.25) is 0 Å². The molecule has 0 amide bonds. The van der Waals surface area contributed by atoms with E-state index in [-0.39, 0.29) is 0 Å². The summed E-state index contributed by atoms with van der Waals surface area (Å²) in [4.78, 5) is 0. The Balaban J connectivity index is 2.79. The zero-order chi connectivity index (χ0) is 13.5. The molecule has 1 aromatic rings. The van der Waals surface area contributed by atoms with Crippen LogP contribution in [0.5, 0.6) is 5.75 Å². The zero-order valence-corrected chi connectivity index (χ0v) is 11.7. The molecular weight excluding hydrogens is 224 g/mol. The van der Waals surface area contributed by atoms with Crippen molar-refractivity contribution in [3.8, 4) is 11.8 Å². The van der Waals surface area contributed by atoms with Crippen LogP contribution in [0.3, 0.4) is 0 Å². The van der Waals surface area contributed by atoms with Crippen molar-refractivity contribution in [3.63, 3.8) is 0 Å². The van der Waals surface area contributed by atoms with Crippen LogP contribution in [0.15, 0.2) is 18.2 Å². The molecule has 0 aliphatic carbocycles. The maximum atomic E-state index is 8.93. The van der Waals surface area contributed by atoms with Gasteiger partial charge in [0.1, 0.15) is 5.75 Å². The van der Waals surface area contributed by atoms with Gasteiger partial charge in [0.05, 0.1) is 18.7 Å². The van der Waals surface area contributed by atoms with E-state index in [0.29, 0.717) is 17.5 Å². The van der Waals surface area contributed by atoms with Crippen molar-refractivity contribution in [2.75, 3.05) is 7.11 Å². The predicted molar refractivity (Wildman–Crippen MR) is 73.5 cm³/mol. The van der Waals surface area contributed by atoms with Crippen LogP contribution in [-0.2, 0) is 6.54 Å². The maximum Gasteiger partial charge on any atom is 0.123 e. The molecule has 0 fully saturated rings. The van der Waals surface area contributed by atoms with Crippen LogP contribution < -0.4 is 10.1 Å². The first kappa shape index (κ1) is 14.5. The van der Waals surface area contributed by atoms with Gasteiger partial charge < -0.3 is 10.1 Å². The van der Waals surface area contributed by atoms with Crippen molar-refractivity contribution in [1.29, 1.82) is 5.26 Å². The normalized spacial score (nSPS) is 12.2.